The molecule has 1 aliphatic carbocycles. The van der Waals surface area contributed by atoms with Crippen molar-refractivity contribution in [3.63, 3.8) is 0 Å². The Hall–Kier alpha value is -0.570. The summed E-state index contributed by atoms with van der Waals surface area (Å²) in [6.07, 6.45) is 2.99. The molecule has 0 aromatic heterocycles. The van der Waals surface area contributed by atoms with Crippen LogP contribution in [-0.2, 0) is 4.79 Å². The van der Waals surface area contributed by atoms with Gasteiger partial charge in [-0.3, -0.25) is 4.79 Å². The maximum atomic E-state index is 12.1. The van der Waals surface area contributed by atoms with E-state index >= 15 is 0 Å². The lowest BCUT2D eigenvalue weighted by Crippen LogP contribution is -2.43. The molecule has 1 aliphatic rings. The monoisotopic (exact) mass is 212 g/mol. The first-order valence-electron chi connectivity index (χ1n) is 6.14. The second-order valence-corrected chi connectivity index (χ2v) is 4.66. The third-order valence-corrected chi connectivity index (χ3v) is 3.68. The normalized spacial score (nSPS) is 31.3. The average molecular weight is 212 g/mol. The zero-order chi connectivity index (χ0) is 11.4. The number of carbonyl (C=O) groups is 1. The largest absolute Gasteiger partial charge is 0.343 e. The molecule has 2 N–H and O–H groups in total. The molecule has 0 radical (unpaired) electrons. The molecule has 88 valence electrons. The van der Waals surface area contributed by atoms with E-state index in [4.69, 9.17) is 5.73 Å². The van der Waals surface area contributed by atoms with Crippen LogP contribution < -0.4 is 5.73 Å². The molecule has 1 amide bonds. The molecule has 0 bridgehead atoms. The van der Waals surface area contributed by atoms with Crippen molar-refractivity contribution < 1.29 is 4.79 Å². The molecule has 3 heteroatoms. The van der Waals surface area contributed by atoms with Crippen LogP contribution in [0.4, 0.5) is 0 Å². The van der Waals surface area contributed by atoms with Gasteiger partial charge in [-0.25, -0.2) is 0 Å². The van der Waals surface area contributed by atoms with Gasteiger partial charge in [0.25, 0.3) is 0 Å². The summed E-state index contributed by atoms with van der Waals surface area (Å²) in [5.74, 6) is 1.06. The lowest BCUT2D eigenvalue weighted by molar-refractivity contribution is -0.136. The van der Waals surface area contributed by atoms with Gasteiger partial charge in [-0.15, -0.1) is 0 Å². The van der Waals surface area contributed by atoms with Gasteiger partial charge >= 0.3 is 0 Å². The summed E-state index contributed by atoms with van der Waals surface area (Å²) < 4.78 is 0. The van der Waals surface area contributed by atoms with Crippen molar-refractivity contribution >= 4 is 5.91 Å². The van der Waals surface area contributed by atoms with Gasteiger partial charge in [0, 0.05) is 25.0 Å². The number of hydrogen-bond donors (Lipinski definition) is 1. The third kappa shape index (κ3) is 2.94. The molecule has 1 saturated carbocycles. The summed E-state index contributed by atoms with van der Waals surface area (Å²) in [4.78, 5) is 14.0. The van der Waals surface area contributed by atoms with Gasteiger partial charge < -0.3 is 10.6 Å². The summed E-state index contributed by atoms with van der Waals surface area (Å²) >= 11 is 0. The van der Waals surface area contributed by atoms with Crippen LogP contribution in [0.3, 0.4) is 0 Å². The minimum absolute atomic E-state index is 0.177. The van der Waals surface area contributed by atoms with Gasteiger partial charge in [-0.2, -0.15) is 0 Å². The van der Waals surface area contributed by atoms with Crippen molar-refractivity contribution in [2.45, 2.75) is 46.1 Å². The van der Waals surface area contributed by atoms with Gasteiger partial charge in [0.1, 0.15) is 0 Å². The molecule has 0 aromatic rings. The Kier molecular flexibility index (Phi) is 4.58. The molecule has 0 aliphatic heterocycles. The molecular formula is C12H24N2O. The van der Waals surface area contributed by atoms with Crippen molar-refractivity contribution in [3.8, 4) is 0 Å². The van der Waals surface area contributed by atoms with Gasteiger partial charge in [0.2, 0.25) is 5.91 Å². The highest BCUT2D eigenvalue weighted by molar-refractivity contribution is 5.79. The van der Waals surface area contributed by atoms with E-state index in [1.165, 1.54) is 0 Å². The topological polar surface area (TPSA) is 46.3 Å². The molecule has 0 aromatic carbocycles. The Labute approximate surface area is 93.0 Å². The molecular weight excluding hydrogens is 188 g/mol. The van der Waals surface area contributed by atoms with E-state index < -0.39 is 0 Å². The van der Waals surface area contributed by atoms with E-state index in [9.17, 15) is 4.79 Å². The smallest absolute Gasteiger partial charge is 0.225 e. The van der Waals surface area contributed by atoms with Crippen LogP contribution in [0.5, 0.6) is 0 Å². The molecule has 1 fully saturated rings. The molecule has 0 saturated heterocycles. The van der Waals surface area contributed by atoms with Crippen molar-refractivity contribution in [1.82, 2.24) is 4.90 Å². The molecule has 3 atom stereocenters. The van der Waals surface area contributed by atoms with Crippen LogP contribution in [0.2, 0.25) is 0 Å². The molecule has 0 heterocycles. The highest BCUT2D eigenvalue weighted by Crippen LogP contribution is 2.28. The number of hydrogen-bond acceptors (Lipinski definition) is 2. The van der Waals surface area contributed by atoms with Gasteiger partial charge in [0.05, 0.1) is 0 Å². The Bertz CT molecular complexity index is 214. The van der Waals surface area contributed by atoms with E-state index in [0.29, 0.717) is 11.8 Å². The predicted octanol–water partition coefficient (Wildman–Crippen LogP) is 1.62. The Balaban J connectivity index is 2.53. The molecule has 0 spiro atoms. The lowest BCUT2D eigenvalue weighted by Gasteiger charge is -2.33. The summed E-state index contributed by atoms with van der Waals surface area (Å²) in [6.45, 7) is 7.88. The number of nitrogens with zero attached hydrogens (tertiary/aromatic N) is 1. The van der Waals surface area contributed by atoms with Crippen molar-refractivity contribution in [3.05, 3.63) is 0 Å². The second kappa shape index (κ2) is 5.50. The van der Waals surface area contributed by atoms with Gasteiger partial charge in [-0.05, 0) is 39.0 Å². The SMILES string of the molecule is CCN(CC)C(=O)C1CCC(C)C(N)C1. The van der Waals surface area contributed by atoms with Crippen molar-refractivity contribution in [1.29, 1.82) is 0 Å². The molecule has 1 rings (SSSR count). The maximum absolute atomic E-state index is 12.1. The fraction of sp³-hybridized carbons (Fsp3) is 0.917. The van der Waals surface area contributed by atoms with E-state index in [1.807, 2.05) is 18.7 Å². The Morgan fingerprint density at radius 3 is 2.40 bits per heavy atom. The van der Waals surface area contributed by atoms with Crippen LogP contribution in [-0.4, -0.2) is 29.9 Å². The van der Waals surface area contributed by atoms with Crippen molar-refractivity contribution in [2.24, 2.45) is 17.6 Å². The predicted molar refractivity (Wildman–Crippen MR) is 62.4 cm³/mol. The summed E-state index contributed by atoms with van der Waals surface area (Å²) in [6, 6.07) is 0.211. The van der Waals surface area contributed by atoms with E-state index in [2.05, 4.69) is 6.92 Å². The molecule has 15 heavy (non-hydrogen) atoms. The van der Waals surface area contributed by atoms with Crippen LogP contribution in [0, 0.1) is 11.8 Å². The summed E-state index contributed by atoms with van der Waals surface area (Å²) in [5.41, 5.74) is 6.02. The molecule has 3 nitrogen and oxygen atoms in total. The first-order valence-corrected chi connectivity index (χ1v) is 6.14. The van der Waals surface area contributed by atoms with Crippen LogP contribution in [0.1, 0.15) is 40.0 Å². The fourth-order valence-corrected chi connectivity index (χ4v) is 2.37. The van der Waals surface area contributed by atoms with Crippen molar-refractivity contribution in [2.75, 3.05) is 13.1 Å². The van der Waals surface area contributed by atoms with Gasteiger partial charge in [-0.1, -0.05) is 6.92 Å². The summed E-state index contributed by atoms with van der Waals surface area (Å²) in [5, 5.41) is 0. The van der Waals surface area contributed by atoms with Crippen LogP contribution >= 0.6 is 0 Å². The lowest BCUT2D eigenvalue weighted by atomic mass is 9.79. The average Bonchev–Trinajstić information content (AvgIpc) is 2.23. The first kappa shape index (κ1) is 12.5. The van der Waals surface area contributed by atoms with Crippen LogP contribution in [0.25, 0.3) is 0 Å². The number of carbonyl (C=O) groups excluding carboxylic acids is 1. The highest BCUT2D eigenvalue weighted by Gasteiger charge is 2.31. The third-order valence-electron chi connectivity index (χ3n) is 3.68. The molecule has 3 unspecified atom stereocenters. The quantitative estimate of drug-likeness (QED) is 0.772. The zero-order valence-electron chi connectivity index (χ0n) is 10.2. The highest BCUT2D eigenvalue weighted by atomic mass is 16.2. The van der Waals surface area contributed by atoms with E-state index in [0.717, 1.165) is 32.4 Å². The van der Waals surface area contributed by atoms with Crippen LogP contribution in [0.15, 0.2) is 0 Å². The van der Waals surface area contributed by atoms with Gasteiger partial charge in [0.15, 0.2) is 0 Å². The number of nitrogens with two attached hydrogens (primary N) is 1. The summed E-state index contributed by atoms with van der Waals surface area (Å²) in [7, 11) is 0. The number of amides is 1. The van der Waals surface area contributed by atoms with E-state index in [1.54, 1.807) is 0 Å². The Morgan fingerprint density at radius 1 is 1.33 bits per heavy atom. The minimum atomic E-state index is 0.177. The maximum Gasteiger partial charge on any atom is 0.225 e. The minimum Gasteiger partial charge on any atom is -0.343 e. The zero-order valence-corrected chi connectivity index (χ0v) is 10.2. The second-order valence-electron chi connectivity index (χ2n) is 4.66. The first-order chi connectivity index (χ1) is 7.10. The standard InChI is InChI=1S/C12H24N2O/c1-4-14(5-2)12(15)10-7-6-9(3)11(13)8-10/h9-11H,4-8,13H2,1-3H3. The number of rotatable bonds is 3. The Morgan fingerprint density at radius 2 is 1.93 bits per heavy atom. The fourth-order valence-electron chi connectivity index (χ4n) is 2.37. The van der Waals surface area contributed by atoms with E-state index in [-0.39, 0.29) is 12.0 Å².